The van der Waals surface area contributed by atoms with E-state index in [0.717, 1.165) is 33.7 Å². The molecule has 4 aromatic rings. The predicted octanol–water partition coefficient (Wildman–Crippen LogP) is 6.89. The summed E-state index contributed by atoms with van der Waals surface area (Å²) in [6.07, 6.45) is -0.721. The van der Waals surface area contributed by atoms with Crippen molar-refractivity contribution in [2.75, 3.05) is 25.1 Å². The van der Waals surface area contributed by atoms with E-state index in [-0.39, 0.29) is 18.5 Å². The number of hydrogen-bond donors (Lipinski definition) is 4. The Balaban J connectivity index is 0.000000279. The first-order chi connectivity index (χ1) is 18.4. The number of halogens is 1. The number of amides is 1. The third-order valence-corrected chi connectivity index (χ3v) is 5.41. The van der Waals surface area contributed by atoms with E-state index >= 15 is 0 Å². The van der Waals surface area contributed by atoms with Gasteiger partial charge in [-0.2, -0.15) is 0 Å². The van der Waals surface area contributed by atoms with Gasteiger partial charge < -0.3 is 19.6 Å². The maximum Gasteiger partial charge on any atom is 0.426 e. The molecule has 206 valence electrons. The molecule has 0 aliphatic heterocycles. The summed E-state index contributed by atoms with van der Waals surface area (Å²) in [5, 5.41) is 0. The van der Waals surface area contributed by atoms with E-state index in [9.17, 15) is 4.79 Å². The molecule has 0 aliphatic rings. The molecule has 0 heterocycles. The standard InChI is InChI=1S/C17H20N2O3.C13H14N2O.ClH/c1-12(2)22-17(20)19-18-15-11-14(9-10-16(15)21-3)13-7-5-4-6-8-13;1-16-13-8-7-11(9-12(13)15-14)10-5-3-2-4-6-10;/h4-12,18H,1-3H3,(H,19,20);2-9,15H,14H2,1H3;1H. The maximum atomic E-state index is 11.5. The van der Waals surface area contributed by atoms with Crippen LogP contribution in [0.25, 0.3) is 22.3 Å². The molecule has 8 nitrogen and oxygen atoms in total. The van der Waals surface area contributed by atoms with Crippen LogP contribution in [0.3, 0.4) is 0 Å². The lowest BCUT2D eigenvalue weighted by atomic mass is 10.1. The second kappa shape index (κ2) is 15.8. The quantitative estimate of drug-likeness (QED) is 0.140. The van der Waals surface area contributed by atoms with Crippen molar-refractivity contribution in [3.63, 3.8) is 0 Å². The molecule has 39 heavy (non-hydrogen) atoms. The van der Waals surface area contributed by atoms with Crippen LogP contribution in [0, 0.1) is 0 Å². The fraction of sp³-hybridized carbons (Fsp3) is 0.167. The zero-order valence-electron chi connectivity index (χ0n) is 22.4. The summed E-state index contributed by atoms with van der Waals surface area (Å²) in [6, 6.07) is 31.7. The minimum atomic E-state index is -0.540. The first kappa shape index (κ1) is 30.8. The summed E-state index contributed by atoms with van der Waals surface area (Å²) in [5.41, 5.74) is 13.8. The molecule has 0 atom stereocenters. The van der Waals surface area contributed by atoms with Crippen molar-refractivity contribution in [2.24, 2.45) is 5.84 Å². The number of nitrogens with one attached hydrogen (secondary N) is 3. The molecule has 0 unspecified atom stereocenters. The summed E-state index contributed by atoms with van der Waals surface area (Å²) < 4.78 is 15.5. The van der Waals surface area contributed by atoms with Crippen LogP contribution in [0.5, 0.6) is 11.5 Å². The molecule has 5 N–H and O–H groups in total. The van der Waals surface area contributed by atoms with E-state index in [1.54, 1.807) is 28.1 Å². The Morgan fingerprint density at radius 1 is 0.692 bits per heavy atom. The van der Waals surface area contributed by atoms with Crippen LogP contribution in [0.4, 0.5) is 16.2 Å². The van der Waals surface area contributed by atoms with Gasteiger partial charge in [-0.15, -0.1) is 12.4 Å². The Labute approximate surface area is 235 Å². The molecule has 0 saturated carbocycles. The molecule has 0 aromatic heterocycles. The number of nitrogen functional groups attached to an aromatic ring is 1. The SMILES string of the molecule is COc1ccc(-c2ccccc2)cc1NN.COc1ccc(-c2ccccc2)cc1NNC(=O)OC(C)C.Cl. The molecule has 0 radical (unpaired) electrons. The first-order valence-electron chi connectivity index (χ1n) is 12.1. The van der Waals surface area contributed by atoms with E-state index in [0.29, 0.717) is 11.4 Å². The third kappa shape index (κ3) is 9.14. The summed E-state index contributed by atoms with van der Waals surface area (Å²) in [4.78, 5) is 11.5. The Bertz CT molecular complexity index is 1310. The van der Waals surface area contributed by atoms with Crippen LogP contribution in [0.2, 0.25) is 0 Å². The van der Waals surface area contributed by atoms with E-state index in [1.165, 1.54) is 0 Å². The molecule has 9 heteroatoms. The van der Waals surface area contributed by atoms with E-state index in [4.69, 9.17) is 20.1 Å². The lowest BCUT2D eigenvalue weighted by Gasteiger charge is -2.15. The smallest absolute Gasteiger partial charge is 0.426 e. The fourth-order valence-corrected chi connectivity index (χ4v) is 3.61. The number of carbonyl (C=O) groups is 1. The highest BCUT2D eigenvalue weighted by Gasteiger charge is 2.09. The maximum absolute atomic E-state index is 11.5. The lowest BCUT2D eigenvalue weighted by molar-refractivity contribution is 0.117. The molecule has 1 amide bonds. The topological polar surface area (TPSA) is 107 Å². The molecule has 0 saturated heterocycles. The fourth-order valence-electron chi connectivity index (χ4n) is 3.61. The molecule has 4 aromatic carbocycles. The van der Waals surface area contributed by atoms with Crippen molar-refractivity contribution in [3.8, 4) is 33.8 Å². The largest absolute Gasteiger partial charge is 0.495 e. The van der Waals surface area contributed by atoms with Crippen molar-refractivity contribution in [2.45, 2.75) is 20.0 Å². The second-order valence-electron chi connectivity index (χ2n) is 8.41. The summed E-state index contributed by atoms with van der Waals surface area (Å²) in [7, 11) is 3.20. The number of nitrogens with two attached hydrogens (primary N) is 1. The molecule has 0 fully saturated rings. The number of anilines is 2. The van der Waals surface area contributed by atoms with Crippen LogP contribution < -0.4 is 31.6 Å². The van der Waals surface area contributed by atoms with Crippen LogP contribution in [0.1, 0.15) is 13.8 Å². The van der Waals surface area contributed by atoms with Gasteiger partial charge in [0.25, 0.3) is 0 Å². The van der Waals surface area contributed by atoms with E-state index in [1.807, 2.05) is 84.9 Å². The average Bonchev–Trinajstić information content (AvgIpc) is 2.96. The van der Waals surface area contributed by atoms with Gasteiger partial charge in [0, 0.05) is 0 Å². The predicted molar refractivity (Wildman–Crippen MR) is 160 cm³/mol. The van der Waals surface area contributed by atoms with Gasteiger partial charge >= 0.3 is 6.09 Å². The summed E-state index contributed by atoms with van der Waals surface area (Å²) >= 11 is 0. The zero-order valence-corrected chi connectivity index (χ0v) is 23.3. The molecule has 4 rings (SSSR count). The first-order valence-corrected chi connectivity index (χ1v) is 12.1. The van der Waals surface area contributed by atoms with Crippen molar-refractivity contribution < 1.29 is 19.0 Å². The van der Waals surface area contributed by atoms with Gasteiger partial charge in [-0.05, 0) is 60.4 Å². The number of ether oxygens (including phenoxy) is 3. The minimum Gasteiger partial charge on any atom is -0.495 e. The normalized spacial score (nSPS) is 9.79. The molecule has 0 bridgehead atoms. The van der Waals surface area contributed by atoms with Crippen LogP contribution in [-0.4, -0.2) is 26.4 Å². The molecular formula is C30H35ClN4O4. The number of hydrogen-bond acceptors (Lipinski definition) is 7. The van der Waals surface area contributed by atoms with E-state index < -0.39 is 6.09 Å². The van der Waals surface area contributed by atoms with Gasteiger partial charge in [-0.25, -0.2) is 10.2 Å². The summed E-state index contributed by atoms with van der Waals surface area (Å²) in [6.45, 7) is 3.58. The van der Waals surface area contributed by atoms with Crippen LogP contribution in [-0.2, 0) is 4.74 Å². The van der Waals surface area contributed by atoms with Gasteiger partial charge in [0.2, 0.25) is 0 Å². The van der Waals surface area contributed by atoms with Gasteiger partial charge in [-0.1, -0.05) is 72.8 Å². The van der Waals surface area contributed by atoms with Crippen molar-refractivity contribution >= 4 is 29.9 Å². The monoisotopic (exact) mass is 550 g/mol. The van der Waals surface area contributed by atoms with Gasteiger partial charge in [0.1, 0.15) is 11.5 Å². The third-order valence-electron chi connectivity index (χ3n) is 5.41. The minimum absolute atomic E-state index is 0. The van der Waals surface area contributed by atoms with Crippen LogP contribution >= 0.6 is 12.4 Å². The average molecular weight is 551 g/mol. The van der Waals surface area contributed by atoms with Crippen molar-refractivity contribution in [1.29, 1.82) is 0 Å². The number of methoxy groups -OCH3 is 2. The summed E-state index contributed by atoms with van der Waals surface area (Å²) in [5.74, 6) is 6.81. The molecular weight excluding hydrogens is 516 g/mol. The number of carbonyl (C=O) groups excluding carboxylic acids is 1. The highest BCUT2D eigenvalue weighted by molar-refractivity contribution is 5.85. The highest BCUT2D eigenvalue weighted by atomic mass is 35.5. The Kier molecular flexibility index (Phi) is 12.5. The Hall–Kier alpha value is -4.40. The number of benzene rings is 4. The van der Waals surface area contributed by atoms with Crippen molar-refractivity contribution in [3.05, 3.63) is 97.1 Å². The molecule has 0 aliphatic carbocycles. The Morgan fingerprint density at radius 2 is 1.15 bits per heavy atom. The van der Waals surface area contributed by atoms with Gasteiger partial charge in [0.15, 0.2) is 0 Å². The van der Waals surface area contributed by atoms with E-state index in [2.05, 4.69) is 28.4 Å². The zero-order chi connectivity index (χ0) is 27.3. The van der Waals surface area contributed by atoms with Gasteiger partial charge in [-0.3, -0.25) is 11.3 Å². The Morgan fingerprint density at radius 3 is 1.59 bits per heavy atom. The lowest BCUT2D eigenvalue weighted by Crippen LogP contribution is -2.31. The second-order valence-corrected chi connectivity index (χ2v) is 8.41. The van der Waals surface area contributed by atoms with Crippen LogP contribution in [0.15, 0.2) is 97.1 Å². The van der Waals surface area contributed by atoms with Crippen molar-refractivity contribution in [1.82, 2.24) is 5.43 Å². The number of hydrazine groups is 2. The van der Waals surface area contributed by atoms with Gasteiger partial charge in [0.05, 0.1) is 31.7 Å². The highest BCUT2D eigenvalue weighted by Crippen LogP contribution is 2.31. The molecule has 0 spiro atoms. The number of rotatable bonds is 8.